The first-order chi connectivity index (χ1) is 10.6. The highest BCUT2D eigenvalue weighted by molar-refractivity contribution is 9.10. The van der Waals surface area contributed by atoms with Crippen molar-refractivity contribution in [1.82, 2.24) is 0 Å². The van der Waals surface area contributed by atoms with Gasteiger partial charge in [0.2, 0.25) is 0 Å². The van der Waals surface area contributed by atoms with E-state index in [1.807, 2.05) is 36.4 Å². The summed E-state index contributed by atoms with van der Waals surface area (Å²) in [5.74, 6) is 1.48. The van der Waals surface area contributed by atoms with E-state index in [1.54, 1.807) is 26.6 Å². The average Bonchev–Trinajstić information content (AvgIpc) is 2.52. The van der Waals surface area contributed by atoms with Crippen LogP contribution in [0.3, 0.4) is 0 Å². The zero-order valence-electron chi connectivity index (χ0n) is 12.1. The third-order valence-electron chi connectivity index (χ3n) is 2.84. The van der Waals surface area contributed by atoms with E-state index in [4.69, 9.17) is 9.47 Å². The van der Waals surface area contributed by atoms with E-state index in [0.29, 0.717) is 0 Å². The predicted octanol–water partition coefficient (Wildman–Crippen LogP) is 4.68. The lowest BCUT2D eigenvalue weighted by Gasteiger charge is -2.04. The van der Waals surface area contributed by atoms with Gasteiger partial charge in [0.05, 0.1) is 26.6 Å². The van der Waals surface area contributed by atoms with Crippen LogP contribution in [0, 0.1) is 0 Å². The van der Waals surface area contributed by atoms with Gasteiger partial charge in [-0.25, -0.2) is 0 Å². The molecule has 0 aromatic heterocycles. The first-order valence-electron chi connectivity index (χ1n) is 6.37. The van der Waals surface area contributed by atoms with Crippen molar-refractivity contribution in [1.29, 1.82) is 0 Å². The van der Waals surface area contributed by atoms with Crippen molar-refractivity contribution in [3.63, 3.8) is 0 Å². The van der Waals surface area contributed by atoms with Gasteiger partial charge in [-0.2, -0.15) is 10.2 Å². The summed E-state index contributed by atoms with van der Waals surface area (Å²) < 4.78 is 12.5. The highest BCUT2D eigenvalue weighted by Crippen LogP contribution is 2.22. The zero-order valence-corrected chi connectivity index (χ0v) is 15.3. The van der Waals surface area contributed by atoms with Crippen LogP contribution >= 0.6 is 31.9 Å². The second-order valence-corrected chi connectivity index (χ2v) is 6.09. The maximum atomic E-state index is 5.28. The number of benzene rings is 2. The Bertz CT molecular complexity index is 654. The fourth-order valence-electron chi connectivity index (χ4n) is 1.80. The summed E-state index contributed by atoms with van der Waals surface area (Å²) in [5.41, 5.74) is 1.69. The molecule has 0 aliphatic heterocycles. The van der Waals surface area contributed by atoms with Gasteiger partial charge in [0.25, 0.3) is 0 Å². The third kappa shape index (κ3) is 4.42. The summed E-state index contributed by atoms with van der Waals surface area (Å²) in [6.07, 6.45) is 3.29. The second kappa shape index (κ2) is 8.10. The molecule has 0 bridgehead atoms. The standard InChI is InChI=1S/C16H14Br2N2O2/c1-21-15-5-3-13(17)7-11(15)9-19-20-10-12-8-14(18)4-6-16(12)22-2/h3-10H,1-2H3. The van der Waals surface area contributed by atoms with Crippen LogP contribution in [0.1, 0.15) is 11.1 Å². The molecule has 0 spiro atoms. The van der Waals surface area contributed by atoms with Gasteiger partial charge < -0.3 is 9.47 Å². The molecule has 2 aromatic carbocycles. The van der Waals surface area contributed by atoms with Crippen molar-refractivity contribution in [2.24, 2.45) is 10.2 Å². The molecular formula is C16H14Br2N2O2. The number of halogens is 2. The Morgan fingerprint density at radius 3 is 1.55 bits per heavy atom. The van der Waals surface area contributed by atoms with Crippen molar-refractivity contribution >= 4 is 44.3 Å². The lowest BCUT2D eigenvalue weighted by Crippen LogP contribution is -1.91. The molecule has 0 atom stereocenters. The number of ether oxygens (including phenoxy) is 2. The molecule has 0 N–H and O–H groups in total. The molecule has 114 valence electrons. The van der Waals surface area contributed by atoms with E-state index in [2.05, 4.69) is 42.1 Å². The Hall–Kier alpha value is -1.66. The Morgan fingerprint density at radius 2 is 1.18 bits per heavy atom. The molecule has 0 fully saturated rings. The second-order valence-electron chi connectivity index (χ2n) is 4.26. The highest BCUT2D eigenvalue weighted by Gasteiger charge is 2.01. The average molecular weight is 426 g/mol. The fraction of sp³-hybridized carbons (Fsp3) is 0.125. The fourth-order valence-corrected chi connectivity index (χ4v) is 2.56. The van der Waals surface area contributed by atoms with Gasteiger partial charge in [-0.05, 0) is 36.4 Å². The summed E-state index contributed by atoms with van der Waals surface area (Å²) in [7, 11) is 3.24. The summed E-state index contributed by atoms with van der Waals surface area (Å²) >= 11 is 6.84. The quantitative estimate of drug-likeness (QED) is 0.515. The Kier molecular flexibility index (Phi) is 6.15. The van der Waals surface area contributed by atoms with Crippen LogP contribution in [0.15, 0.2) is 55.5 Å². The Morgan fingerprint density at radius 1 is 0.773 bits per heavy atom. The minimum absolute atomic E-state index is 0.738. The van der Waals surface area contributed by atoms with Gasteiger partial charge in [-0.3, -0.25) is 0 Å². The lowest BCUT2D eigenvalue weighted by molar-refractivity contribution is 0.414. The molecule has 0 amide bonds. The van der Waals surface area contributed by atoms with Gasteiger partial charge in [-0.1, -0.05) is 31.9 Å². The first kappa shape index (κ1) is 16.7. The Labute approximate surface area is 146 Å². The molecule has 6 heteroatoms. The first-order valence-corrected chi connectivity index (χ1v) is 7.96. The maximum absolute atomic E-state index is 5.28. The molecule has 0 aliphatic carbocycles. The van der Waals surface area contributed by atoms with Crippen LogP contribution in [0.5, 0.6) is 11.5 Å². The summed E-state index contributed by atoms with van der Waals surface area (Å²) in [6.45, 7) is 0. The Balaban J connectivity index is 2.19. The lowest BCUT2D eigenvalue weighted by atomic mass is 10.2. The van der Waals surface area contributed by atoms with Crippen LogP contribution in [0.25, 0.3) is 0 Å². The van der Waals surface area contributed by atoms with Crippen LogP contribution in [-0.4, -0.2) is 26.6 Å². The van der Waals surface area contributed by atoms with Crippen molar-refractivity contribution in [3.05, 3.63) is 56.5 Å². The predicted molar refractivity (Wildman–Crippen MR) is 96.6 cm³/mol. The minimum atomic E-state index is 0.738. The van der Waals surface area contributed by atoms with E-state index in [0.717, 1.165) is 31.6 Å². The maximum Gasteiger partial charge on any atom is 0.127 e. The number of nitrogens with zero attached hydrogens (tertiary/aromatic N) is 2. The molecule has 2 rings (SSSR count). The summed E-state index contributed by atoms with van der Waals surface area (Å²) in [6, 6.07) is 11.4. The van der Waals surface area contributed by atoms with Crippen molar-refractivity contribution < 1.29 is 9.47 Å². The van der Waals surface area contributed by atoms with Crippen LogP contribution in [0.4, 0.5) is 0 Å². The smallest absolute Gasteiger partial charge is 0.127 e. The monoisotopic (exact) mass is 424 g/mol. The number of hydrogen-bond donors (Lipinski definition) is 0. The summed E-state index contributed by atoms with van der Waals surface area (Å²) in [4.78, 5) is 0. The van der Waals surface area contributed by atoms with E-state index >= 15 is 0 Å². The van der Waals surface area contributed by atoms with Gasteiger partial charge in [0.1, 0.15) is 11.5 Å². The minimum Gasteiger partial charge on any atom is -0.496 e. The molecule has 0 aliphatic rings. The molecule has 0 unspecified atom stereocenters. The molecule has 0 saturated heterocycles. The van der Waals surface area contributed by atoms with Crippen molar-refractivity contribution in [3.8, 4) is 11.5 Å². The zero-order chi connectivity index (χ0) is 15.9. The largest absolute Gasteiger partial charge is 0.496 e. The van der Waals surface area contributed by atoms with Crippen LogP contribution in [-0.2, 0) is 0 Å². The molecule has 0 radical (unpaired) electrons. The summed E-state index contributed by atoms with van der Waals surface area (Å²) in [5, 5.41) is 8.13. The highest BCUT2D eigenvalue weighted by atomic mass is 79.9. The van der Waals surface area contributed by atoms with Gasteiger partial charge in [0, 0.05) is 20.1 Å². The van der Waals surface area contributed by atoms with Crippen molar-refractivity contribution in [2.45, 2.75) is 0 Å². The van der Waals surface area contributed by atoms with Crippen LogP contribution < -0.4 is 9.47 Å². The molecule has 2 aromatic rings. The van der Waals surface area contributed by atoms with Gasteiger partial charge in [0.15, 0.2) is 0 Å². The molecule has 0 heterocycles. The molecule has 22 heavy (non-hydrogen) atoms. The van der Waals surface area contributed by atoms with Gasteiger partial charge >= 0.3 is 0 Å². The normalized spacial score (nSPS) is 11.3. The van der Waals surface area contributed by atoms with E-state index in [-0.39, 0.29) is 0 Å². The topological polar surface area (TPSA) is 43.2 Å². The SMILES string of the molecule is COc1ccc(Br)cc1C=NN=Cc1cc(Br)ccc1OC. The number of rotatable bonds is 5. The van der Waals surface area contributed by atoms with E-state index in [9.17, 15) is 0 Å². The van der Waals surface area contributed by atoms with E-state index < -0.39 is 0 Å². The van der Waals surface area contributed by atoms with Gasteiger partial charge in [-0.15, -0.1) is 0 Å². The van der Waals surface area contributed by atoms with Crippen LogP contribution in [0.2, 0.25) is 0 Å². The molecular weight excluding hydrogens is 412 g/mol. The van der Waals surface area contributed by atoms with Crippen molar-refractivity contribution in [2.75, 3.05) is 14.2 Å². The molecule has 4 nitrogen and oxygen atoms in total. The third-order valence-corrected chi connectivity index (χ3v) is 3.83. The number of hydrogen-bond acceptors (Lipinski definition) is 4. The molecule has 0 saturated carbocycles. The van der Waals surface area contributed by atoms with E-state index in [1.165, 1.54) is 0 Å². The number of methoxy groups -OCH3 is 2.